The first-order valence-electron chi connectivity index (χ1n) is 5.58. The van der Waals surface area contributed by atoms with Crippen molar-refractivity contribution < 1.29 is 14.3 Å². The zero-order valence-electron chi connectivity index (χ0n) is 9.24. The quantitative estimate of drug-likeness (QED) is 0.722. The molecule has 2 aliphatic heterocycles. The lowest BCUT2D eigenvalue weighted by atomic mass is 10.2. The van der Waals surface area contributed by atoms with E-state index >= 15 is 0 Å². The summed E-state index contributed by atoms with van der Waals surface area (Å²) in [4.78, 5) is 11.6. The molecule has 2 rings (SSSR count). The van der Waals surface area contributed by atoms with Gasteiger partial charge in [-0.2, -0.15) is 0 Å². The van der Waals surface area contributed by atoms with Crippen molar-refractivity contribution in [3.63, 3.8) is 0 Å². The summed E-state index contributed by atoms with van der Waals surface area (Å²) in [5.41, 5.74) is 0. The van der Waals surface area contributed by atoms with Crippen molar-refractivity contribution in [3.05, 3.63) is 0 Å². The summed E-state index contributed by atoms with van der Waals surface area (Å²) in [5.74, 6) is -0.0299. The normalized spacial score (nSPS) is 29.5. The van der Waals surface area contributed by atoms with E-state index in [9.17, 15) is 4.79 Å². The fraction of sp³-hybridized carbons (Fsp3) is 0.900. The van der Waals surface area contributed by atoms with Crippen LogP contribution in [-0.4, -0.2) is 51.0 Å². The molecule has 2 heterocycles. The lowest BCUT2D eigenvalue weighted by Gasteiger charge is -2.23. The highest BCUT2D eigenvalue weighted by Gasteiger charge is 2.23. The predicted octanol–water partition coefficient (Wildman–Crippen LogP) is -0.308. The van der Waals surface area contributed by atoms with E-state index in [-0.39, 0.29) is 30.5 Å². The number of ether oxygens (including phenoxy) is 2. The third-order valence-corrected chi connectivity index (χ3v) is 2.75. The van der Waals surface area contributed by atoms with E-state index in [0.717, 1.165) is 26.0 Å². The van der Waals surface area contributed by atoms with E-state index in [0.29, 0.717) is 19.7 Å². The molecule has 5 nitrogen and oxygen atoms in total. The van der Waals surface area contributed by atoms with Crippen LogP contribution in [0.3, 0.4) is 0 Å². The summed E-state index contributed by atoms with van der Waals surface area (Å²) in [5, 5.41) is 5.99. The molecule has 0 aromatic rings. The standard InChI is InChI=1S/C10H18N2O3.ClH/c13-10(9-7-11-3-5-15-9)12-6-8-2-1-4-14-8;/h8-9,11H,1-7H2,(H,12,13);1H/t8?,9-;/m0./s1. The summed E-state index contributed by atoms with van der Waals surface area (Å²) >= 11 is 0. The van der Waals surface area contributed by atoms with E-state index < -0.39 is 0 Å². The molecule has 0 aromatic carbocycles. The Balaban J connectivity index is 0.00000128. The maximum absolute atomic E-state index is 11.6. The highest BCUT2D eigenvalue weighted by atomic mass is 35.5. The molecular weight excluding hydrogens is 232 g/mol. The van der Waals surface area contributed by atoms with Crippen molar-refractivity contribution in [2.45, 2.75) is 25.0 Å². The minimum Gasteiger partial charge on any atom is -0.376 e. The average Bonchev–Trinajstić information content (AvgIpc) is 2.80. The van der Waals surface area contributed by atoms with E-state index in [1.54, 1.807) is 0 Å². The van der Waals surface area contributed by atoms with Gasteiger partial charge in [-0.25, -0.2) is 0 Å². The smallest absolute Gasteiger partial charge is 0.250 e. The van der Waals surface area contributed by atoms with Crippen molar-refractivity contribution in [1.29, 1.82) is 0 Å². The molecular formula is C10H19ClN2O3. The second-order valence-corrected chi connectivity index (χ2v) is 3.94. The highest BCUT2D eigenvalue weighted by molar-refractivity contribution is 5.85. The van der Waals surface area contributed by atoms with Crippen LogP contribution < -0.4 is 10.6 Å². The fourth-order valence-electron chi connectivity index (χ4n) is 1.87. The van der Waals surface area contributed by atoms with Gasteiger partial charge >= 0.3 is 0 Å². The monoisotopic (exact) mass is 250 g/mol. The molecule has 2 aliphatic rings. The minimum atomic E-state index is -0.333. The van der Waals surface area contributed by atoms with Gasteiger partial charge in [-0.05, 0) is 12.8 Å². The fourth-order valence-corrected chi connectivity index (χ4v) is 1.87. The predicted molar refractivity (Wildman–Crippen MR) is 61.8 cm³/mol. The van der Waals surface area contributed by atoms with Gasteiger partial charge in [-0.1, -0.05) is 0 Å². The number of rotatable bonds is 3. The molecule has 0 aromatic heterocycles. The largest absolute Gasteiger partial charge is 0.376 e. The van der Waals surface area contributed by atoms with Gasteiger partial charge in [0.05, 0.1) is 12.7 Å². The van der Waals surface area contributed by atoms with Gasteiger partial charge in [0.1, 0.15) is 6.10 Å². The highest BCUT2D eigenvalue weighted by Crippen LogP contribution is 2.10. The Labute approximate surface area is 102 Å². The molecule has 1 amide bonds. The molecule has 1 unspecified atom stereocenters. The first-order valence-corrected chi connectivity index (χ1v) is 5.58. The number of hydrogen-bond donors (Lipinski definition) is 2. The van der Waals surface area contributed by atoms with Gasteiger partial charge in [0.15, 0.2) is 0 Å². The molecule has 0 saturated carbocycles. The Morgan fingerprint density at radius 3 is 2.88 bits per heavy atom. The number of morpholine rings is 1. The van der Waals surface area contributed by atoms with Crippen LogP contribution in [0.1, 0.15) is 12.8 Å². The Morgan fingerprint density at radius 1 is 1.38 bits per heavy atom. The third-order valence-electron chi connectivity index (χ3n) is 2.75. The molecule has 2 fully saturated rings. The van der Waals surface area contributed by atoms with E-state index in [4.69, 9.17) is 9.47 Å². The van der Waals surface area contributed by atoms with Crippen LogP contribution in [0.4, 0.5) is 0 Å². The maximum atomic E-state index is 11.6. The van der Waals surface area contributed by atoms with Crippen LogP contribution in [-0.2, 0) is 14.3 Å². The molecule has 2 atom stereocenters. The summed E-state index contributed by atoms with van der Waals surface area (Å²) in [7, 11) is 0. The van der Waals surface area contributed by atoms with Gasteiger partial charge in [0.25, 0.3) is 5.91 Å². The van der Waals surface area contributed by atoms with Gasteiger partial charge in [-0.15, -0.1) is 12.4 Å². The first kappa shape index (κ1) is 13.7. The molecule has 0 radical (unpaired) electrons. The van der Waals surface area contributed by atoms with Crippen LogP contribution in [0.25, 0.3) is 0 Å². The molecule has 2 N–H and O–H groups in total. The minimum absolute atomic E-state index is 0. The van der Waals surface area contributed by atoms with Gasteiger partial charge < -0.3 is 20.1 Å². The van der Waals surface area contributed by atoms with E-state index in [1.807, 2.05) is 0 Å². The maximum Gasteiger partial charge on any atom is 0.250 e. The van der Waals surface area contributed by atoms with E-state index in [1.165, 1.54) is 0 Å². The van der Waals surface area contributed by atoms with Crippen LogP contribution in [0.2, 0.25) is 0 Å². The van der Waals surface area contributed by atoms with Crippen molar-refractivity contribution in [1.82, 2.24) is 10.6 Å². The Kier molecular flexibility index (Phi) is 6.05. The zero-order chi connectivity index (χ0) is 10.5. The summed E-state index contributed by atoms with van der Waals surface area (Å²) in [6, 6.07) is 0. The van der Waals surface area contributed by atoms with Crippen LogP contribution >= 0.6 is 12.4 Å². The Morgan fingerprint density at radius 2 is 2.25 bits per heavy atom. The number of nitrogens with one attached hydrogen (secondary N) is 2. The molecule has 16 heavy (non-hydrogen) atoms. The molecule has 0 bridgehead atoms. The van der Waals surface area contributed by atoms with Crippen molar-refractivity contribution in [2.75, 3.05) is 32.8 Å². The molecule has 0 spiro atoms. The van der Waals surface area contributed by atoms with Crippen LogP contribution in [0.15, 0.2) is 0 Å². The summed E-state index contributed by atoms with van der Waals surface area (Å²) in [6.07, 6.45) is 2.01. The molecule has 0 aliphatic carbocycles. The lowest BCUT2D eigenvalue weighted by Crippen LogP contribution is -2.49. The molecule has 6 heteroatoms. The van der Waals surface area contributed by atoms with Gasteiger partial charge in [-0.3, -0.25) is 4.79 Å². The van der Waals surface area contributed by atoms with Crippen LogP contribution in [0, 0.1) is 0 Å². The third kappa shape index (κ3) is 3.90. The van der Waals surface area contributed by atoms with Crippen molar-refractivity contribution >= 4 is 18.3 Å². The topological polar surface area (TPSA) is 59.6 Å². The van der Waals surface area contributed by atoms with Gasteiger partial charge in [0.2, 0.25) is 0 Å². The number of carbonyl (C=O) groups is 1. The van der Waals surface area contributed by atoms with Gasteiger partial charge in [0, 0.05) is 26.2 Å². The second kappa shape index (κ2) is 7.06. The molecule has 94 valence electrons. The zero-order valence-corrected chi connectivity index (χ0v) is 10.1. The number of halogens is 1. The van der Waals surface area contributed by atoms with Crippen molar-refractivity contribution in [3.8, 4) is 0 Å². The second-order valence-electron chi connectivity index (χ2n) is 3.94. The molecule has 2 saturated heterocycles. The summed E-state index contributed by atoms with van der Waals surface area (Å²) in [6.45, 7) is 3.48. The summed E-state index contributed by atoms with van der Waals surface area (Å²) < 4.78 is 10.8. The Hall–Kier alpha value is -0.360. The SMILES string of the molecule is Cl.O=C(NCC1CCCO1)[C@@H]1CNCCO1. The Bertz CT molecular complexity index is 216. The number of hydrogen-bond acceptors (Lipinski definition) is 4. The van der Waals surface area contributed by atoms with Crippen molar-refractivity contribution in [2.24, 2.45) is 0 Å². The average molecular weight is 251 g/mol. The van der Waals surface area contributed by atoms with Crippen LogP contribution in [0.5, 0.6) is 0 Å². The van der Waals surface area contributed by atoms with E-state index in [2.05, 4.69) is 10.6 Å². The lowest BCUT2D eigenvalue weighted by molar-refractivity contribution is -0.134. The number of carbonyl (C=O) groups excluding carboxylic acids is 1. The first-order chi connectivity index (χ1) is 7.36. The number of amides is 1.